The third kappa shape index (κ3) is 10.8. The van der Waals surface area contributed by atoms with Crippen LogP contribution >= 0.6 is 0 Å². The Morgan fingerprint density at radius 3 is 2.08 bits per heavy atom. The number of fused-ring (bicyclic) bond motifs is 1. The van der Waals surface area contributed by atoms with Gasteiger partial charge in [-0.05, 0) is 49.7 Å². The highest BCUT2D eigenvalue weighted by atomic mass is 19.4. The number of hydrogen-bond acceptors (Lipinski definition) is 10. The first-order valence-corrected chi connectivity index (χ1v) is 14.7. The topological polar surface area (TPSA) is 216 Å². The summed E-state index contributed by atoms with van der Waals surface area (Å²) in [5, 5.41) is 36.7. The van der Waals surface area contributed by atoms with Crippen molar-refractivity contribution in [1.29, 1.82) is 0 Å². The molecular weight excluding hydrogens is 661 g/mol. The van der Waals surface area contributed by atoms with Crippen LogP contribution in [-0.4, -0.2) is 117 Å². The zero-order valence-corrected chi connectivity index (χ0v) is 25.9. The average molecular weight is 695 g/mol. The van der Waals surface area contributed by atoms with Gasteiger partial charge in [0.1, 0.15) is 23.1 Å². The number of carboxylic acid groups (broad SMARTS) is 2. The Morgan fingerprint density at radius 2 is 1.53 bits per heavy atom. The highest BCUT2D eigenvalue weighted by molar-refractivity contribution is 5.98. The number of rotatable bonds is 10. The lowest BCUT2D eigenvalue weighted by Gasteiger charge is -2.35. The van der Waals surface area contributed by atoms with Gasteiger partial charge < -0.3 is 45.0 Å². The number of nitrogens with zero attached hydrogens (tertiary/aromatic N) is 3. The number of carbonyl (C=O) groups excluding carboxylic acids is 3. The van der Waals surface area contributed by atoms with Gasteiger partial charge in [0.05, 0.1) is 17.7 Å². The first-order chi connectivity index (χ1) is 23.1. The Kier molecular flexibility index (Phi) is 13.2. The molecule has 18 heteroatoms. The van der Waals surface area contributed by atoms with E-state index in [2.05, 4.69) is 10.3 Å². The highest BCUT2D eigenvalue weighted by Crippen LogP contribution is 2.30. The van der Waals surface area contributed by atoms with Crippen LogP contribution in [0.15, 0.2) is 54.6 Å². The number of hydrogen-bond donors (Lipinski definition) is 5. The molecule has 264 valence electrons. The molecule has 3 amide bonds. The molecule has 15 nitrogen and oxygen atoms in total. The summed E-state index contributed by atoms with van der Waals surface area (Å²) in [4.78, 5) is 68.1. The number of aromatic nitrogens is 1. The number of alkyl halides is 3. The van der Waals surface area contributed by atoms with Gasteiger partial charge in [-0.1, -0.05) is 12.1 Å². The molecule has 1 atom stereocenters. The Bertz CT molecular complexity index is 1640. The van der Waals surface area contributed by atoms with E-state index >= 15 is 0 Å². The monoisotopic (exact) mass is 694 g/mol. The van der Waals surface area contributed by atoms with Crippen LogP contribution in [-0.2, 0) is 14.3 Å². The molecule has 1 saturated heterocycles. The van der Waals surface area contributed by atoms with Crippen molar-refractivity contribution in [3.05, 3.63) is 65.9 Å². The van der Waals surface area contributed by atoms with E-state index in [0.717, 1.165) is 0 Å². The molecule has 2 heterocycles. The molecule has 2 aromatic carbocycles. The Balaban J connectivity index is 0.000000838. The lowest BCUT2D eigenvalue weighted by molar-refractivity contribution is -0.275. The summed E-state index contributed by atoms with van der Waals surface area (Å²) in [7, 11) is 0. The van der Waals surface area contributed by atoms with Crippen LogP contribution < -0.4 is 10.1 Å². The second kappa shape index (κ2) is 17.1. The van der Waals surface area contributed by atoms with Crippen LogP contribution in [0.3, 0.4) is 0 Å². The van der Waals surface area contributed by atoms with Crippen molar-refractivity contribution in [2.24, 2.45) is 5.92 Å². The van der Waals surface area contributed by atoms with Gasteiger partial charge in [-0.2, -0.15) is 13.2 Å². The van der Waals surface area contributed by atoms with Crippen molar-refractivity contribution in [1.82, 2.24) is 20.1 Å². The normalized spacial score (nSPS) is 13.6. The van der Waals surface area contributed by atoms with Gasteiger partial charge in [0.2, 0.25) is 5.91 Å². The molecule has 1 aliphatic heterocycles. The van der Waals surface area contributed by atoms with Crippen molar-refractivity contribution >= 4 is 40.7 Å². The molecule has 0 spiro atoms. The van der Waals surface area contributed by atoms with Gasteiger partial charge in [0.15, 0.2) is 0 Å². The number of aliphatic carboxylic acids is 1. The number of carbonyl (C=O) groups is 5. The largest absolute Gasteiger partial charge is 0.481 e. The number of ether oxygens (including phenoxy) is 2. The van der Waals surface area contributed by atoms with Gasteiger partial charge in [0, 0.05) is 44.2 Å². The maximum Gasteiger partial charge on any atom is 0.439 e. The van der Waals surface area contributed by atoms with Crippen LogP contribution in [0.5, 0.6) is 11.5 Å². The van der Waals surface area contributed by atoms with E-state index in [4.69, 9.17) is 24.8 Å². The number of nitrogens with one attached hydrogen (secondary N) is 1. The zero-order valence-electron chi connectivity index (χ0n) is 25.9. The van der Waals surface area contributed by atoms with Crippen molar-refractivity contribution in [3.8, 4) is 11.5 Å². The van der Waals surface area contributed by atoms with Crippen LogP contribution in [0.4, 0.5) is 18.0 Å². The van der Waals surface area contributed by atoms with Gasteiger partial charge in [0.25, 0.3) is 12.2 Å². The quantitative estimate of drug-likeness (QED) is 0.153. The molecule has 49 heavy (non-hydrogen) atoms. The van der Waals surface area contributed by atoms with E-state index in [-0.39, 0.29) is 57.0 Å². The number of pyridine rings is 1. The summed E-state index contributed by atoms with van der Waals surface area (Å²) in [6, 6.07) is 14.2. The van der Waals surface area contributed by atoms with E-state index in [1.807, 2.05) is 0 Å². The Labute approximate surface area is 276 Å². The fourth-order valence-electron chi connectivity index (χ4n) is 4.45. The van der Waals surface area contributed by atoms with Crippen molar-refractivity contribution in [2.45, 2.75) is 25.8 Å². The van der Waals surface area contributed by atoms with E-state index < -0.39 is 48.2 Å². The molecule has 0 radical (unpaired) electrons. The molecule has 3 aromatic rings. The molecule has 5 N–H and O–H groups in total. The van der Waals surface area contributed by atoms with Gasteiger partial charge in [-0.25, -0.2) is 14.6 Å². The second-order valence-corrected chi connectivity index (χ2v) is 10.3. The number of piperazine rings is 1. The number of amides is 3. The lowest BCUT2D eigenvalue weighted by atomic mass is 10.0. The summed E-state index contributed by atoms with van der Waals surface area (Å²) in [6.07, 6.45) is -8.72. The summed E-state index contributed by atoms with van der Waals surface area (Å²) in [5.74, 6) is -4.27. The third-order valence-corrected chi connectivity index (χ3v) is 6.96. The van der Waals surface area contributed by atoms with E-state index in [1.54, 1.807) is 31.2 Å². The predicted molar refractivity (Wildman–Crippen MR) is 163 cm³/mol. The predicted octanol–water partition coefficient (Wildman–Crippen LogP) is 2.71. The number of benzene rings is 2. The number of halogens is 3. The minimum absolute atomic E-state index is 0.0131. The fourth-order valence-corrected chi connectivity index (χ4v) is 4.45. The van der Waals surface area contributed by atoms with Gasteiger partial charge in [-0.3, -0.25) is 14.4 Å². The average Bonchev–Trinajstić information content (AvgIpc) is 3.06. The number of aromatic carboxylic acids is 1. The number of para-hydroxylation sites is 1. The zero-order chi connectivity index (χ0) is 36.3. The number of aliphatic hydroxyl groups excluding tert-OH is 1. The number of carboxylic acids is 2. The summed E-state index contributed by atoms with van der Waals surface area (Å²) in [6.45, 7) is 2.64. The Hall–Kier alpha value is -5.49. The first kappa shape index (κ1) is 38.0. The first-order valence-electron chi connectivity index (χ1n) is 14.7. The fraction of sp³-hybridized carbons (Fsp3) is 0.355. The molecule has 0 saturated carbocycles. The van der Waals surface area contributed by atoms with Crippen molar-refractivity contribution < 1.29 is 67.0 Å². The molecular formula is C31H33F3N4O11. The molecule has 4 rings (SSSR count). The van der Waals surface area contributed by atoms with Gasteiger partial charge in [-0.15, -0.1) is 0 Å². The van der Waals surface area contributed by atoms with E-state index in [9.17, 15) is 42.3 Å². The summed E-state index contributed by atoms with van der Waals surface area (Å²) < 4.78 is 43.0. The van der Waals surface area contributed by atoms with Crippen LogP contribution in [0.25, 0.3) is 10.9 Å². The van der Waals surface area contributed by atoms with Crippen LogP contribution in [0.1, 0.15) is 34.2 Å². The van der Waals surface area contributed by atoms with E-state index in [0.29, 0.717) is 22.4 Å². The number of aliphatic hydroxyl groups is 2. The molecule has 1 fully saturated rings. The Morgan fingerprint density at radius 1 is 0.939 bits per heavy atom. The standard InChI is InChI=1S/C29H30N4O9.C2H3F3O2/c1-2-41-29(40)33-15-13-32(14-16-33)26(35)21(28(38)39)11-12-30-25(34)23-17-24(20-5-3-4-6-22(20)31-23)42-19-9-7-18(8-10-19)27(36)37;3-2(4,5)1(6)7/h3-10,17,21H,2,11-16H2,1H3,(H,30,34)(H,36,37)(H,38,39);1,6-7H. The molecule has 1 aromatic heterocycles. The van der Waals surface area contributed by atoms with Crippen LogP contribution in [0.2, 0.25) is 0 Å². The second-order valence-electron chi connectivity index (χ2n) is 10.3. The smallest absolute Gasteiger partial charge is 0.439 e. The minimum Gasteiger partial charge on any atom is -0.481 e. The summed E-state index contributed by atoms with van der Waals surface area (Å²) in [5.41, 5.74) is 0.584. The summed E-state index contributed by atoms with van der Waals surface area (Å²) >= 11 is 0. The van der Waals surface area contributed by atoms with Gasteiger partial charge >= 0.3 is 24.2 Å². The molecule has 0 bridgehead atoms. The highest BCUT2D eigenvalue weighted by Gasteiger charge is 2.36. The van der Waals surface area contributed by atoms with E-state index in [1.165, 1.54) is 40.1 Å². The van der Waals surface area contributed by atoms with Crippen molar-refractivity contribution in [3.63, 3.8) is 0 Å². The lowest BCUT2D eigenvalue weighted by Crippen LogP contribution is -2.53. The third-order valence-electron chi connectivity index (χ3n) is 6.96. The van der Waals surface area contributed by atoms with Crippen molar-refractivity contribution in [2.75, 3.05) is 39.3 Å². The molecule has 1 aliphatic rings. The molecule has 0 aliphatic carbocycles. The SMILES string of the molecule is CCOC(=O)N1CCN(C(=O)C(CCNC(=O)c2cc(Oc3ccc(C(=O)O)cc3)c3ccccc3n2)C(=O)O)CC1.OC(O)C(F)(F)F. The minimum atomic E-state index is -4.89. The maximum atomic E-state index is 13.0. The maximum absolute atomic E-state index is 13.0. The van der Waals surface area contributed by atoms with Crippen LogP contribution in [0, 0.1) is 5.92 Å². The molecule has 1 unspecified atom stereocenters.